The summed E-state index contributed by atoms with van der Waals surface area (Å²) in [5, 5.41) is 5.37. The number of anilines is 1. The normalized spacial score (nSPS) is 10.2. The smallest absolute Gasteiger partial charge is 0.357 e. The van der Waals surface area contributed by atoms with E-state index in [2.05, 4.69) is 15.0 Å². The highest BCUT2D eigenvalue weighted by molar-refractivity contribution is 7.13. The van der Waals surface area contributed by atoms with E-state index in [1.807, 2.05) is 6.07 Å². The number of ether oxygens (including phenoxy) is 1. The van der Waals surface area contributed by atoms with Gasteiger partial charge in [0.2, 0.25) is 0 Å². The lowest BCUT2D eigenvalue weighted by atomic mass is 10.1. The summed E-state index contributed by atoms with van der Waals surface area (Å²) in [6.07, 6.45) is 0.685. The van der Waals surface area contributed by atoms with Gasteiger partial charge in [-0.3, -0.25) is 0 Å². The van der Waals surface area contributed by atoms with Crippen LogP contribution in [-0.2, 0) is 11.2 Å². The third-order valence-corrected chi connectivity index (χ3v) is 3.28. The van der Waals surface area contributed by atoms with E-state index in [1.54, 1.807) is 11.4 Å². The summed E-state index contributed by atoms with van der Waals surface area (Å²) in [6.45, 7) is 0.623. The molecule has 100 valence electrons. The van der Waals surface area contributed by atoms with Crippen molar-refractivity contribution in [3.05, 3.63) is 46.7 Å². The first-order valence-electron chi connectivity index (χ1n) is 5.71. The van der Waals surface area contributed by atoms with Gasteiger partial charge in [0.05, 0.1) is 7.11 Å². The predicted molar refractivity (Wildman–Crippen MR) is 72.0 cm³/mol. The molecule has 0 spiro atoms. The Bertz CT molecular complexity index is 571. The van der Waals surface area contributed by atoms with Crippen molar-refractivity contribution in [3.63, 3.8) is 0 Å². The Hall–Kier alpha value is -1.95. The number of halogens is 1. The van der Waals surface area contributed by atoms with Crippen molar-refractivity contribution in [1.29, 1.82) is 0 Å². The van der Waals surface area contributed by atoms with Crippen molar-refractivity contribution < 1.29 is 13.9 Å². The molecule has 2 rings (SSSR count). The Kier molecular flexibility index (Phi) is 4.46. The van der Waals surface area contributed by atoms with Crippen molar-refractivity contribution in [2.75, 3.05) is 19.0 Å². The molecule has 19 heavy (non-hydrogen) atoms. The Morgan fingerprint density at radius 1 is 1.53 bits per heavy atom. The molecular formula is C13H13FN2O2S. The van der Waals surface area contributed by atoms with E-state index in [0.717, 1.165) is 5.56 Å². The predicted octanol–water partition coefficient (Wildman–Crippen LogP) is 2.72. The number of thiazole rings is 1. The molecule has 1 aromatic carbocycles. The zero-order chi connectivity index (χ0) is 13.7. The highest BCUT2D eigenvalue weighted by Gasteiger charge is 2.09. The van der Waals surface area contributed by atoms with E-state index < -0.39 is 5.97 Å². The molecule has 6 heteroatoms. The second-order valence-electron chi connectivity index (χ2n) is 3.84. The van der Waals surface area contributed by atoms with Crippen LogP contribution >= 0.6 is 11.3 Å². The van der Waals surface area contributed by atoms with Crippen molar-refractivity contribution in [2.24, 2.45) is 0 Å². The van der Waals surface area contributed by atoms with Gasteiger partial charge >= 0.3 is 5.97 Å². The Labute approximate surface area is 114 Å². The average molecular weight is 280 g/mol. The van der Waals surface area contributed by atoms with Crippen LogP contribution in [0.3, 0.4) is 0 Å². The van der Waals surface area contributed by atoms with Crippen LogP contribution in [0.4, 0.5) is 9.52 Å². The zero-order valence-corrected chi connectivity index (χ0v) is 11.2. The molecule has 1 heterocycles. The summed E-state index contributed by atoms with van der Waals surface area (Å²) in [4.78, 5) is 15.3. The van der Waals surface area contributed by atoms with Gasteiger partial charge in [-0.05, 0) is 24.1 Å². The van der Waals surface area contributed by atoms with Gasteiger partial charge in [-0.15, -0.1) is 11.3 Å². The summed E-state index contributed by atoms with van der Waals surface area (Å²) < 4.78 is 17.5. The lowest BCUT2D eigenvalue weighted by molar-refractivity contribution is 0.0595. The fraction of sp³-hybridized carbons (Fsp3) is 0.231. The van der Waals surface area contributed by atoms with Crippen LogP contribution in [0.1, 0.15) is 16.1 Å². The second kappa shape index (κ2) is 6.29. The minimum Gasteiger partial charge on any atom is -0.464 e. The van der Waals surface area contributed by atoms with Crippen LogP contribution in [0, 0.1) is 5.82 Å². The largest absolute Gasteiger partial charge is 0.464 e. The number of rotatable bonds is 5. The van der Waals surface area contributed by atoms with Crippen LogP contribution in [0.15, 0.2) is 29.6 Å². The maximum absolute atomic E-state index is 13.0. The summed E-state index contributed by atoms with van der Waals surface area (Å²) in [7, 11) is 1.32. The standard InChI is InChI=1S/C13H13FN2O2S/c1-18-12(17)11-8-19-13(16-11)15-6-5-9-3-2-4-10(14)7-9/h2-4,7-8H,5-6H2,1H3,(H,15,16). The average Bonchev–Trinajstić information content (AvgIpc) is 2.87. The van der Waals surface area contributed by atoms with Crippen molar-refractivity contribution in [1.82, 2.24) is 4.98 Å². The first-order valence-corrected chi connectivity index (χ1v) is 6.59. The van der Waals surface area contributed by atoms with E-state index in [-0.39, 0.29) is 5.82 Å². The van der Waals surface area contributed by atoms with Gasteiger partial charge in [0.25, 0.3) is 0 Å². The van der Waals surface area contributed by atoms with E-state index >= 15 is 0 Å². The highest BCUT2D eigenvalue weighted by Crippen LogP contribution is 2.16. The number of nitrogens with one attached hydrogen (secondary N) is 1. The monoisotopic (exact) mass is 280 g/mol. The number of carbonyl (C=O) groups excluding carboxylic acids is 1. The molecule has 4 nitrogen and oxygen atoms in total. The molecule has 1 aromatic heterocycles. The molecule has 0 bridgehead atoms. The Balaban J connectivity index is 1.86. The summed E-state index contributed by atoms with van der Waals surface area (Å²) in [5.74, 6) is -0.686. The van der Waals surface area contributed by atoms with Gasteiger partial charge in [-0.25, -0.2) is 14.2 Å². The van der Waals surface area contributed by atoms with E-state index in [9.17, 15) is 9.18 Å². The minimum absolute atomic E-state index is 0.236. The quantitative estimate of drug-likeness (QED) is 0.856. The van der Waals surface area contributed by atoms with Gasteiger partial charge in [0, 0.05) is 11.9 Å². The molecule has 0 aliphatic heterocycles. The van der Waals surface area contributed by atoms with Crippen LogP contribution in [0.2, 0.25) is 0 Å². The van der Waals surface area contributed by atoms with Crippen molar-refractivity contribution >= 4 is 22.4 Å². The van der Waals surface area contributed by atoms with Crippen molar-refractivity contribution in [3.8, 4) is 0 Å². The van der Waals surface area contributed by atoms with Crippen LogP contribution in [0.5, 0.6) is 0 Å². The summed E-state index contributed by atoms with van der Waals surface area (Å²) in [5.41, 5.74) is 1.21. The number of hydrogen-bond donors (Lipinski definition) is 1. The molecule has 0 fully saturated rings. The van der Waals surface area contributed by atoms with Crippen molar-refractivity contribution in [2.45, 2.75) is 6.42 Å². The van der Waals surface area contributed by atoms with Crippen LogP contribution < -0.4 is 5.32 Å². The maximum Gasteiger partial charge on any atom is 0.357 e. The summed E-state index contributed by atoms with van der Waals surface area (Å²) in [6, 6.07) is 6.47. The lowest BCUT2D eigenvalue weighted by Crippen LogP contribution is -2.06. The minimum atomic E-state index is -0.450. The van der Waals surface area contributed by atoms with Crippen LogP contribution in [-0.4, -0.2) is 24.6 Å². The third-order valence-electron chi connectivity index (χ3n) is 2.48. The fourth-order valence-electron chi connectivity index (χ4n) is 1.56. The molecule has 0 atom stereocenters. The molecule has 1 N–H and O–H groups in total. The van der Waals surface area contributed by atoms with Gasteiger partial charge < -0.3 is 10.1 Å². The van der Waals surface area contributed by atoms with E-state index in [0.29, 0.717) is 23.8 Å². The second-order valence-corrected chi connectivity index (χ2v) is 4.69. The lowest BCUT2D eigenvalue weighted by Gasteiger charge is -2.03. The number of aromatic nitrogens is 1. The van der Waals surface area contributed by atoms with E-state index in [1.165, 1.54) is 30.6 Å². The van der Waals surface area contributed by atoms with Gasteiger partial charge in [-0.1, -0.05) is 12.1 Å². The molecule has 2 aromatic rings. The zero-order valence-electron chi connectivity index (χ0n) is 10.4. The van der Waals surface area contributed by atoms with Gasteiger partial charge in [0.15, 0.2) is 10.8 Å². The fourth-order valence-corrected chi connectivity index (χ4v) is 2.27. The number of esters is 1. The molecule has 0 unspecified atom stereocenters. The number of hydrogen-bond acceptors (Lipinski definition) is 5. The molecular weight excluding hydrogens is 267 g/mol. The maximum atomic E-state index is 13.0. The van der Waals surface area contributed by atoms with E-state index in [4.69, 9.17) is 0 Å². The molecule has 0 aliphatic rings. The number of nitrogens with zero attached hydrogens (tertiary/aromatic N) is 1. The SMILES string of the molecule is COC(=O)c1csc(NCCc2cccc(F)c2)n1. The highest BCUT2D eigenvalue weighted by atomic mass is 32.1. The topological polar surface area (TPSA) is 51.2 Å². The Morgan fingerprint density at radius 3 is 3.11 bits per heavy atom. The van der Waals surface area contributed by atoms with Crippen LogP contribution in [0.25, 0.3) is 0 Å². The number of carbonyl (C=O) groups is 1. The molecule has 0 radical (unpaired) electrons. The first kappa shape index (κ1) is 13.5. The molecule has 0 amide bonds. The summed E-state index contributed by atoms with van der Waals surface area (Å²) >= 11 is 1.33. The van der Waals surface area contributed by atoms with Gasteiger partial charge in [-0.2, -0.15) is 0 Å². The number of methoxy groups -OCH3 is 1. The molecule has 0 saturated carbocycles. The Morgan fingerprint density at radius 2 is 2.37 bits per heavy atom. The first-order chi connectivity index (χ1) is 9.19. The van der Waals surface area contributed by atoms with Gasteiger partial charge in [0.1, 0.15) is 5.82 Å². The molecule has 0 aliphatic carbocycles. The number of benzene rings is 1. The molecule has 0 saturated heterocycles. The third kappa shape index (κ3) is 3.75.